The van der Waals surface area contributed by atoms with Crippen molar-refractivity contribution < 1.29 is 14.3 Å². The number of thioether (sulfide) groups is 1. The van der Waals surface area contributed by atoms with Gasteiger partial charge in [0.25, 0.3) is 0 Å². The number of nitrogens with zero attached hydrogens (tertiary/aromatic N) is 5. The molecule has 0 radical (unpaired) electrons. The van der Waals surface area contributed by atoms with Gasteiger partial charge < -0.3 is 14.5 Å². The van der Waals surface area contributed by atoms with Crippen LogP contribution in [0.25, 0.3) is 0 Å². The second-order valence-corrected chi connectivity index (χ2v) is 6.94. The van der Waals surface area contributed by atoms with Gasteiger partial charge in [-0.15, -0.1) is 0 Å². The molecule has 2 aliphatic rings. The molecule has 0 N–H and O–H groups in total. The lowest BCUT2D eigenvalue weighted by molar-refractivity contribution is -0.137. The van der Waals surface area contributed by atoms with E-state index in [1.807, 2.05) is 6.07 Å². The van der Waals surface area contributed by atoms with E-state index in [1.54, 1.807) is 24.2 Å². The predicted molar refractivity (Wildman–Crippen MR) is 99.6 cm³/mol. The Labute approximate surface area is 157 Å². The largest absolute Gasteiger partial charge is 0.463 e. The van der Waals surface area contributed by atoms with Crippen LogP contribution in [0.1, 0.15) is 6.92 Å². The minimum Gasteiger partial charge on any atom is -0.463 e. The molecule has 0 unspecified atom stereocenters. The molecule has 0 atom stereocenters. The normalized spacial score (nSPS) is 20.0. The summed E-state index contributed by atoms with van der Waals surface area (Å²) in [6.45, 7) is 6.96. The summed E-state index contributed by atoms with van der Waals surface area (Å²) in [6.07, 6.45) is 4.93. The van der Waals surface area contributed by atoms with Gasteiger partial charge in [-0.05, 0) is 13.0 Å². The number of esters is 1. The number of carbonyl (C=O) groups is 2. The lowest BCUT2D eigenvalue weighted by Gasteiger charge is -2.35. The SMILES string of the molecule is CCOC(=O)/C=C1\SCC(=O)N1CCN1CCN(c2ncccn2)CC1. The van der Waals surface area contributed by atoms with Crippen LogP contribution in [0.3, 0.4) is 0 Å². The second kappa shape index (κ2) is 9.00. The summed E-state index contributed by atoms with van der Waals surface area (Å²) in [6, 6.07) is 1.81. The third kappa shape index (κ3) is 4.73. The Morgan fingerprint density at radius 2 is 1.96 bits per heavy atom. The number of piperazine rings is 1. The lowest BCUT2D eigenvalue weighted by atomic mass is 10.3. The van der Waals surface area contributed by atoms with Gasteiger partial charge in [-0.3, -0.25) is 9.69 Å². The number of amides is 1. The molecule has 0 aliphatic carbocycles. The first-order valence-electron chi connectivity index (χ1n) is 8.73. The Balaban J connectivity index is 1.49. The van der Waals surface area contributed by atoms with Gasteiger partial charge >= 0.3 is 5.97 Å². The van der Waals surface area contributed by atoms with Crippen molar-refractivity contribution in [2.24, 2.45) is 0 Å². The van der Waals surface area contributed by atoms with Gasteiger partial charge in [0.1, 0.15) is 0 Å². The number of rotatable bonds is 6. The van der Waals surface area contributed by atoms with E-state index in [-0.39, 0.29) is 5.91 Å². The van der Waals surface area contributed by atoms with Gasteiger partial charge in [0.05, 0.1) is 23.5 Å². The van der Waals surface area contributed by atoms with Crippen LogP contribution in [-0.4, -0.2) is 83.3 Å². The summed E-state index contributed by atoms with van der Waals surface area (Å²) in [4.78, 5) is 38.5. The van der Waals surface area contributed by atoms with Crippen molar-refractivity contribution in [1.82, 2.24) is 19.8 Å². The van der Waals surface area contributed by atoms with Crippen LogP contribution >= 0.6 is 11.8 Å². The van der Waals surface area contributed by atoms with Crippen molar-refractivity contribution in [2.45, 2.75) is 6.92 Å². The monoisotopic (exact) mass is 377 g/mol. The fourth-order valence-corrected chi connectivity index (χ4v) is 3.88. The van der Waals surface area contributed by atoms with E-state index < -0.39 is 5.97 Å². The molecule has 2 saturated heterocycles. The standard InChI is InChI=1S/C17H23N5O3S/c1-2-25-16(24)12-15-22(14(23)13-26-15)11-8-20-6-9-21(10-7-20)17-18-4-3-5-19-17/h3-5,12H,2,6-11,13H2,1H3/b15-12-. The van der Waals surface area contributed by atoms with Crippen LogP contribution in [-0.2, 0) is 14.3 Å². The molecule has 2 fully saturated rings. The molecular weight excluding hydrogens is 354 g/mol. The number of ether oxygens (including phenoxy) is 1. The van der Waals surface area contributed by atoms with Crippen molar-refractivity contribution in [2.75, 3.05) is 56.5 Å². The molecule has 3 heterocycles. The first-order chi connectivity index (χ1) is 12.7. The lowest BCUT2D eigenvalue weighted by Crippen LogP contribution is -2.49. The number of carbonyl (C=O) groups excluding carboxylic acids is 2. The third-order valence-electron chi connectivity index (χ3n) is 4.29. The molecule has 0 spiro atoms. The second-order valence-electron chi connectivity index (χ2n) is 5.95. The Hall–Kier alpha value is -2.13. The topological polar surface area (TPSA) is 78.9 Å². The Bertz CT molecular complexity index is 662. The summed E-state index contributed by atoms with van der Waals surface area (Å²) in [5.74, 6) is 0.788. The summed E-state index contributed by atoms with van der Waals surface area (Å²) in [5.41, 5.74) is 0. The molecule has 3 rings (SSSR count). The van der Waals surface area contributed by atoms with Gasteiger partial charge in [-0.1, -0.05) is 11.8 Å². The van der Waals surface area contributed by atoms with E-state index in [1.165, 1.54) is 17.8 Å². The summed E-state index contributed by atoms with van der Waals surface area (Å²) < 4.78 is 4.94. The Morgan fingerprint density at radius 3 is 2.65 bits per heavy atom. The van der Waals surface area contributed by atoms with Crippen molar-refractivity contribution in [1.29, 1.82) is 0 Å². The van der Waals surface area contributed by atoms with Crippen molar-refractivity contribution in [3.63, 3.8) is 0 Å². The summed E-state index contributed by atoms with van der Waals surface area (Å²) >= 11 is 1.39. The zero-order valence-corrected chi connectivity index (χ0v) is 15.7. The average Bonchev–Trinajstić information content (AvgIpc) is 3.01. The zero-order chi connectivity index (χ0) is 18.4. The van der Waals surface area contributed by atoms with Gasteiger partial charge in [0.15, 0.2) is 0 Å². The van der Waals surface area contributed by atoms with E-state index in [9.17, 15) is 9.59 Å². The summed E-state index contributed by atoms with van der Waals surface area (Å²) in [5, 5.41) is 0.685. The fraction of sp³-hybridized carbons (Fsp3) is 0.529. The predicted octanol–water partition coefficient (Wildman–Crippen LogP) is 0.578. The van der Waals surface area contributed by atoms with Gasteiger partial charge in [0, 0.05) is 51.7 Å². The number of anilines is 1. The van der Waals surface area contributed by atoms with Crippen LogP contribution in [0.4, 0.5) is 5.95 Å². The molecule has 2 aliphatic heterocycles. The molecule has 1 aromatic rings. The van der Waals surface area contributed by atoms with Crippen LogP contribution in [0.15, 0.2) is 29.6 Å². The minimum atomic E-state index is -0.397. The maximum atomic E-state index is 12.1. The van der Waals surface area contributed by atoms with Crippen LogP contribution in [0, 0.1) is 0 Å². The maximum Gasteiger partial charge on any atom is 0.333 e. The average molecular weight is 377 g/mol. The molecule has 1 amide bonds. The van der Waals surface area contributed by atoms with Gasteiger partial charge in [-0.25, -0.2) is 14.8 Å². The quantitative estimate of drug-likeness (QED) is 0.526. The van der Waals surface area contributed by atoms with E-state index in [2.05, 4.69) is 19.8 Å². The van der Waals surface area contributed by atoms with Crippen LogP contribution < -0.4 is 4.90 Å². The zero-order valence-electron chi connectivity index (χ0n) is 14.8. The molecular formula is C17H23N5O3S. The first-order valence-corrected chi connectivity index (χ1v) is 9.72. The molecule has 0 bridgehead atoms. The number of hydrogen-bond acceptors (Lipinski definition) is 8. The van der Waals surface area contributed by atoms with Crippen molar-refractivity contribution >= 4 is 29.6 Å². The van der Waals surface area contributed by atoms with E-state index in [0.29, 0.717) is 23.9 Å². The molecule has 8 nitrogen and oxygen atoms in total. The Kier molecular flexibility index (Phi) is 6.45. The Morgan fingerprint density at radius 1 is 1.23 bits per heavy atom. The number of hydrogen-bond donors (Lipinski definition) is 0. The highest BCUT2D eigenvalue weighted by atomic mass is 32.2. The smallest absolute Gasteiger partial charge is 0.333 e. The fourth-order valence-electron chi connectivity index (χ4n) is 2.92. The molecule has 140 valence electrons. The van der Waals surface area contributed by atoms with Crippen LogP contribution in [0.2, 0.25) is 0 Å². The third-order valence-corrected chi connectivity index (χ3v) is 5.31. The molecule has 26 heavy (non-hydrogen) atoms. The maximum absolute atomic E-state index is 12.1. The van der Waals surface area contributed by atoms with E-state index in [0.717, 1.165) is 38.7 Å². The summed E-state index contributed by atoms with van der Waals surface area (Å²) in [7, 11) is 0. The first kappa shape index (κ1) is 18.7. The van der Waals surface area contributed by atoms with Gasteiger partial charge in [0.2, 0.25) is 11.9 Å². The van der Waals surface area contributed by atoms with E-state index in [4.69, 9.17) is 4.74 Å². The highest BCUT2D eigenvalue weighted by Crippen LogP contribution is 2.28. The highest BCUT2D eigenvalue weighted by Gasteiger charge is 2.28. The van der Waals surface area contributed by atoms with E-state index >= 15 is 0 Å². The molecule has 0 aromatic carbocycles. The van der Waals surface area contributed by atoms with Crippen molar-refractivity contribution in [3.05, 3.63) is 29.6 Å². The molecule has 1 aromatic heterocycles. The highest BCUT2D eigenvalue weighted by molar-refractivity contribution is 8.04. The molecule has 9 heteroatoms. The van der Waals surface area contributed by atoms with Crippen LogP contribution in [0.5, 0.6) is 0 Å². The number of aromatic nitrogens is 2. The molecule has 0 saturated carbocycles. The van der Waals surface area contributed by atoms with Gasteiger partial charge in [-0.2, -0.15) is 0 Å². The van der Waals surface area contributed by atoms with Crippen molar-refractivity contribution in [3.8, 4) is 0 Å². The minimum absolute atomic E-state index is 0.0434.